The lowest BCUT2D eigenvalue weighted by molar-refractivity contribution is 0.162. The zero-order valence-corrected chi connectivity index (χ0v) is 21.1. The van der Waals surface area contributed by atoms with Gasteiger partial charge in [-0.3, -0.25) is 9.48 Å². The first-order valence-corrected chi connectivity index (χ1v) is 12.0. The molecule has 0 amide bonds. The third-order valence-corrected chi connectivity index (χ3v) is 6.93. The van der Waals surface area contributed by atoms with Crippen LogP contribution in [0.3, 0.4) is 0 Å². The van der Waals surface area contributed by atoms with Gasteiger partial charge in [0.2, 0.25) is 0 Å². The van der Waals surface area contributed by atoms with E-state index in [1.165, 1.54) is 11.3 Å². The van der Waals surface area contributed by atoms with E-state index in [1.54, 1.807) is 23.9 Å². The number of halogens is 2. The number of ether oxygens (including phenoxy) is 1. The van der Waals surface area contributed by atoms with Crippen molar-refractivity contribution < 1.29 is 4.74 Å². The maximum Gasteiger partial charge on any atom is 0.297 e. The molecule has 0 bridgehead atoms. The van der Waals surface area contributed by atoms with Crippen LogP contribution >= 0.6 is 34.5 Å². The Kier molecular flexibility index (Phi) is 6.95. The van der Waals surface area contributed by atoms with Crippen LogP contribution < -0.4 is 10.4 Å². The second-order valence-electron chi connectivity index (χ2n) is 7.72. The van der Waals surface area contributed by atoms with Crippen LogP contribution in [0.1, 0.15) is 18.7 Å². The highest BCUT2D eigenvalue weighted by Crippen LogP contribution is 2.32. The SMILES string of the molecule is COCC(C)n1c(-c2cc(Cl)ccc2Cl)csc1=Nc1c(C)n(C)n(-c2ccccc2)c1=O. The molecule has 0 fully saturated rings. The van der Waals surface area contributed by atoms with E-state index >= 15 is 0 Å². The maximum atomic E-state index is 13.4. The molecule has 33 heavy (non-hydrogen) atoms. The highest BCUT2D eigenvalue weighted by atomic mass is 35.5. The number of benzene rings is 2. The highest BCUT2D eigenvalue weighted by molar-refractivity contribution is 7.07. The summed E-state index contributed by atoms with van der Waals surface area (Å²) in [5, 5.41) is 3.16. The summed E-state index contributed by atoms with van der Waals surface area (Å²) in [6.07, 6.45) is 0. The average Bonchev–Trinajstić information content (AvgIpc) is 3.31. The van der Waals surface area contributed by atoms with Gasteiger partial charge in [0.25, 0.3) is 5.56 Å². The number of para-hydroxylation sites is 1. The van der Waals surface area contributed by atoms with E-state index in [0.29, 0.717) is 27.1 Å². The van der Waals surface area contributed by atoms with Gasteiger partial charge in [0.1, 0.15) is 0 Å². The largest absolute Gasteiger partial charge is 0.383 e. The second-order valence-corrected chi connectivity index (χ2v) is 9.40. The van der Waals surface area contributed by atoms with Gasteiger partial charge in [0, 0.05) is 30.1 Å². The molecule has 9 heteroatoms. The lowest BCUT2D eigenvalue weighted by atomic mass is 10.1. The predicted octanol–water partition coefficient (Wildman–Crippen LogP) is 5.76. The van der Waals surface area contributed by atoms with E-state index in [1.807, 2.05) is 71.9 Å². The van der Waals surface area contributed by atoms with Crippen LogP contribution in [0.4, 0.5) is 5.69 Å². The van der Waals surface area contributed by atoms with Crippen LogP contribution in [-0.4, -0.2) is 27.6 Å². The molecule has 0 spiro atoms. The van der Waals surface area contributed by atoms with Crippen LogP contribution in [-0.2, 0) is 11.8 Å². The number of nitrogens with zero attached hydrogens (tertiary/aromatic N) is 4. The molecule has 2 aromatic heterocycles. The summed E-state index contributed by atoms with van der Waals surface area (Å²) in [7, 11) is 3.52. The molecule has 0 radical (unpaired) electrons. The van der Waals surface area contributed by atoms with Crippen molar-refractivity contribution in [3.63, 3.8) is 0 Å². The number of thiazole rings is 1. The number of hydrogen-bond donors (Lipinski definition) is 0. The molecule has 6 nitrogen and oxygen atoms in total. The quantitative estimate of drug-likeness (QED) is 0.336. The Labute approximate surface area is 205 Å². The number of aromatic nitrogens is 3. The van der Waals surface area contributed by atoms with Crippen molar-refractivity contribution in [2.75, 3.05) is 13.7 Å². The molecular weight excluding hydrogens is 479 g/mol. The van der Waals surface area contributed by atoms with Crippen molar-refractivity contribution in [1.82, 2.24) is 13.9 Å². The Morgan fingerprint density at radius 1 is 1.15 bits per heavy atom. The normalized spacial score (nSPS) is 13.0. The van der Waals surface area contributed by atoms with Crippen molar-refractivity contribution in [2.45, 2.75) is 19.9 Å². The van der Waals surface area contributed by atoms with Crippen LogP contribution in [0.15, 0.2) is 63.7 Å². The van der Waals surface area contributed by atoms with Gasteiger partial charge < -0.3 is 9.30 Å². The fourth-order valence-corrected chi connectivity index (χ4v) is 5.19. The molecule has 1 atom stereocenters. The molecule has 0 aliphatic rings. The minimum atomic E-state index is -0.178. The van der Waals surface area contributed by atoms with E-state index in [-0.39, 0.29) is 11.6 Å². The van der Waals surface area contributed by atoms with Gasteiger partial charge in [-0.05, 0) is 44.2 Å². The van der Waals surface area contributed by atoms with Crippen LogP contribution in [0.2, 0.25) is 10.0 Å². The summed E-state index contributed by atoms with van der Waals surface area (Å²) in [5.74, 6) is 0. The number of methoxy groups -OCH3 is 1. The fraction of sp³-hybridized carbons (Fsp3) is 0.250. The molecule has 4 aromatic rings. The van der Waals surface area contributed by atoms with Gasteiger partial charge in [0.05, 0.1) is 34.7 Å². The predicted molar refractivity (Wildman–Crippen MR) is 135 cm³/mol. The van der Waals surface area contributed by atoms with Crippen molar-refractivity contribution in [2.24, 2.45) is 12.0 Å². The number of rotatable bonds is 6. The lowest BCUT2D eigenvalue weighted by Gasteiger charge is -2.17. The Bertz CT molecular complexity index is 1420. The van der Waals surface area contributed by atoms with Crippen molar-refractivity contribution in [3.05, 3.63) is 84.8 Å². The Hall–Kier alpha value is -2.58. The van der Waals surface area contributed by atoms with E-state index in [2.05, 4.69) is 0 Å². The molecule has 0 saturated carbocycles. The van der Waals surface area contributed by atoms with Gasteiger partial charge in [0.15, 0.2) is 10.5 Å². The lowest BCUT2D eigenvalue weighted by Crippen LogP contribution is -2.24. The first-order chi connectivity index (χ1) is 15.8. The summed E-state index contributed by atoms with van der Waals surface area (Å²) in [6, 6.07) is 14.8. The van der Waals surface area contributed by atoms with Crippen LogP contribution in [0.25, 0.3) is 16.9 Å². The zero-order chi connectivity index (χ0) is 23.7. The van der Waals surface area contributed by atoms with Crippen molar-refractivity contribution >= 4 is 40.2 Å². The molecule has 1 unspecified atom stereocenters. The Morgan fingerprint density at radius 2 is 1.88 bits per heavy atom. The monoisotopic (exact) mass is 502 g/mol. The molecule has 0 aliphatic heterocycles. The molecular formula is C24H24Cl2N4O2S. The first kappa shape index (κ1) is 23.6. The third kappa shape index (κ3) is 4.46. The Morgan fingerprint density at radius 3 is 2.58 bits per heavy atom. The summed E-state index contributed by atoms with van der Waals surface area (Å²) in [5.41, 5.74) is 3.44. The molecule has 2 heterocycles. The summed E-state index contributed by atoms with van der Waals surface area (Å²) < 4.78 is 10.9. The van der Waals surface area contributed by atoms with Crippen LogP contribution in [0.5, 0.6) is 0 Å². The van der Waals surface area contributed by atoms with Gasteiger partial charge >= 0.3 is 0 Å². The maximum absolute atomic E-state index is 13.4. The van der Waals surface area contributed by atoms with E-state index in [9.17, 15) is 4.79 Å². The standard InChI is InChI=1S/C24H24Cl2N4O2S/c1-15(13-32-4)29-21(19-12-17(25)10-11-20(19)26)14-33-24(29)27-22-16(2)28(3)30(23(22)31)18-8-6-5-7-9-18/h5-12,14-15H,13H2,1-4H3. The van der Waals surface area contributed by atoms with Gasteiger partial charge in [-0.2, -0.15) is 0 Å². The second kappa shape index (κ2) is 9.73. The molecule has 2 aromatic carbocycles. The van der Waals surface area contributed by atoms with E-state index in [0.717, 1.165) is 22.6 Å². The summed E-state index contributed by atoms with van der Waals surface area (Å²) in [6.45, 7) is 4.40. The van der Waals surface area contributed by atoms with Crippen LogP contribution in [0, 0.1) is 6.92 Å². The number of hydrogen-bond acceptors (Lipinski definition) is 4. The molecule has 0 aliphatic carbocycles. The minimum Gasteiger partial charge on any atom is -0.383 e. The first-order valence-electron chi connectivity index (χ1n) is 10.4. The molecule has 0 saturated heterocycles. The third-order valence-electron chi connectivity index (χ3n) is 5.53. The smallest absolute Gasteiger partial charge is 0.297 e. The Balaban J connectivity index is 1.96. The molecule has 0 N–H and O–H groups in total. The van der Waals surface area contributed by atoms with Crippen molar-refractivity contribution in [1.29, 1.82) is 0 Å². The van der Waals surface area contributed by atoms with Gasteiger partial charge in [-0.1, -0.05) is 41.4 Å². The highest BCUT2D eigenvalue weighted by Gasteiger charge is 2.19. The average molecular weight is 503 g/mol. The molecule has 4 rings (SSSR count). The summed E-state index contributed by atoms with van der Waals surface area (Å²) >= 11 is 14.2. The van der Waals surface area contributed by atoms with Crippen molar-refractivity contribution in [3.8, 4) is 16.9 Å². The zero-order valence-electron chi connectivity index (χ0n) is 18.8. The van der Waals surface area contributed by atoms with E-state index < -0.39 is 0 Å². The van der Waals surface area contributed by atoms with Gasteiger partial charge in [-0.15, -0.1) is 11.3 Å². The summed E-state index contributed by atoms with van der Waals surface area (Å²) in [4.78, 5) is 18.9. The topological polar surface area (TPSA) is 53.4 Å². The fourth-order valence-electron chi connectivity index (χ4n) is 3.81. The minimum absolute atomic E-state index is 0.0505. The van der Waals surface area contributed by atoms with E-state index in [4.69, 9.17) is 32.9 Å². The van der Waals surface area contributed by atoms with Gasteiger partial charge in [-0.25, -0.2) is 9.67 Å². The molecule has 172 valence electrons.